The second-order valence-corrected chi connectivity index (χ2v) is 13.8. The Hall–Kier alpha value is -3.22. The minimum absolute atomic E-state index is 0.00211. The SMILES string of the molecule is O=CCC1(N2CCC(N3CCC(O)CC3)CC2)CC(N2CCc3ccccc3NC2=O)CC[N@+]1(Cc1ccc(O)c(Cl)c1)C(=O)O. The Labute approximate surface area is 274 Å². The molecular weight excluding hydrogens is 610 g/mol. The average Bonchev–Trinajstić information content (AvgIpc) is 3.22. The highest BCUT2D eigenvalue weighted by molar-refractivity contribution is 6.32. The molecule has 11 nitrogen and oxygen atoms in total. The van der Waals surface area contributed by atoms with Crippen molar-refractivity contribution in [1.29, 1.82) is 0 Å². The molecule has 2 aromatic rings. The van der Waals surface area contributed by atoms with Gasteiger partial charge in [-0.2, -0.15) is 4.79 Å². The molecule has 6 rings (SSSR count). The molecule has 3 fully saturated rings. The highest BCUT2D eigenvalue weighted by Gasteiger charge is 2.64. The smallest absolute Gasteiger partial charge is 0.506 e. The summed E-state index contributed by atoms with van der Waals surface area (Å²) in [5, 5.41) is 34.5. The summed E-state index contributed by atoms with van der Waals surface area (Å²) in [5.41, 5.74) is 1.38. The third kappa shape index (κ3) is 6.11. The fourth-order valence-corrected chi connectivity index (χ4v) is 8.79. The lowest BCUT2D eigenvalue weighted by molar-refractivity contribution is -0.942. The molecule has 0 aliphatic carbocycles. The number of aldehydes is 1. The van der Waals surface area contributed by atoms with E-state index in [0.29, 0.717) is 50.5 Å². The number of nitrogens with one attached hydrogen (secondary N) is 1. The Morgan fingerprint density at radius 1 is 1.02 bits per heavy atom. The second-order valence-electron chi connectivity index (χ2n) is 13.4. The molecule has 4 heterocycles. The quantitative estimate of drug-likeness (QED) is 0.253. The van der Waals surface area contributed by atoms with Crippen LogP contribution in [-0.4, -0.2) is 116 Å². The fraction of sp³-hybridized carbons (Fsp3) is 0.559. The van der Waals surface area contributed by atoms with Gasteiger partial charge in [0.05, 0.1) is 24.1 Å². The Bertz CT molecular complexity index is 1440. The molecule has 0 saturated carbocycles. The first-order chi connectivity index (χ1) is 22.2. The van der Waals surface area contributed by atoms with Crippen LogP contribution in [0.1, 0.15) is 56.1 Å². The number of urea groups is 1. The minimum Gasteiger partial charge on any atom is -0.506 e. The van der Waals surface area contributed by atoms with Gasteiger partial charge in [-0.1, -0.05) is 29.8 Å². The summed E-state index contributed by atoms with van der Waals surface area (Å²) in [6, 6.07) is 12.4. The van der Waals surface area contributed by atoms with Crippen molar-refractivity contribution in [1.82, 2.24) is 14.7 Å². The van der Waals surface area contributed by atoms with Gasteiger partial charge in [0, 0.05) is 68.9 Å². The number of amides is 3. The number of phenols is 1. The van der Waals surface area contributed by atoms with Gasteiger partial charge in [0.1, 0.15) is 18.6 Å². The molecule has 4 N–H and O–H groups in total. The summed E-state index contributed by atoms with van der Waals surface area (Å²) >= 11 is 6.29. The van der Waals surface area contributed by atoms with Gasteiger partial charge in [-0.25, -0.2) is 9.28 Å². The molecule has 0 aromatic heterocycles. The molecular formula is C34H45ClN5O6+. The topological polar surface area (TPSA) is 134 Å². The van der Waals surface area contributed by atoms with Crippen molar-refractivity contribution >= 4 is 35.7 Å². The molecule has 12 heteroatoms. The second kappa shape index (κ2) is 13.5. The van der Waals surface area contributed by atoms with Gasteiger partial charge in [0.25, 0.3) is 0 Å². The molecule has 0 spiro atoms. The highest BCUT2D eigenvalue weighted by atomic mass is 35.5. The van der Waals surface area contributed by atoms with Crippen LogP contribution in [0.2, 0.25) is 5.02 Å². The molecule has 3 atom stereocenters. The molecule has 4 aliphatic rings. The zero-order valence-electron chi connectivity index (χ0n) is 26.2. The maximum Gasteiger partial charge on any atom is 0.515 e. The first-order valence-corrected chi connectivity index (χ1v) is 16.9. The zero-order valence-corrected chi connectivity index (χ0v) is 26.9. The van der Waals surface area contributed by atoms with E-state index < -0.39 is 11.8 Å². The van der Waals surface area contributed by atoms with Gasteiger partial charge < -0.3 is 35.2 Å². The zero-order chi connectivity index (χ0) is 32.5. The van der Waals surface area contributed by atoms with E-state index >= 15 is 0 Å². The van der Waals surface area contributed by atoms with Crippen molar-refractivity contribution in [2.45, 2.75) is 81.8 Å². The summed E-state index contributed by atoms with van der Waals surface area (Å²) in [7, 11) is 0. The number of likely N-dealkylation sites (tertiary alicyclic amines) is 3. The number of para-hydroxylation sites is 1. The average molecular weight is 655 g/mol. The van der Waals surface area contributed by atoms with E-state index in [9.17, 15) is 29.7 Å². The number of aliphatic hydroxyl groups excluding tert-OH is 1. The van der Waals surface area contributed by atoms with E-state index in [1.165, 1.54) is 6.07 Å². The number of benzene rings is 2. The van der Waals surface area contributed by atoms with E-state index in [0.717, 1.165) is 56.3 Å². The number of carbonyl (C=O) groups excluding carboxylic acids is 2. The number of rotatable bonds is 7. The predicted octanol–water partition coefficient (Wildman–Crippen LogP) is 4.50. The normalized spacial score (nSPS) is 28.7. The van der Waals surface area contributed by atoms with Crippen LogP contribution in [0, 0.1) is 0 Å². The Balaban J connectivity index is 1.35. The van der Waals surface area contributed by atoms with Crippen LogP contribution in [0.5, 0.6) is 5.75 Å². The summed E-state index contributed by atoms with van der Waals surface area (Å²) in [5.74, 6) is -0.0781. The van der Waals surface area contributed by atoms with Crippen LogP contribution in [-0.2, 0) is 17.8 Å². The van der Waals surface area contributed by atoms with Crippen LogP contribution in [0.3, 0.4) is 0 Å². The van der Waals surface area contributed by atoms with Crippen molar-refractivity contribution in [3.63, 3.8) is 0 Å². The fourth-order valence-electron chi connectivity index (χ4n) is 8.58. The van der Waals surface area contributed by atoms with Crippen molar-refractivity contribution < 1.29 is 34.2 Å². The van der Waals surface area contributed by atoms with E-state index in [-0.39, 0.29) is 52.9 Å². The van der Waals surface area contributed by atoms with Crippen LogP contribution in [0.4, 0.5) is 15.3 Å². The van der Waals surface area contributed by atoms with Gasteiger partial charge in [-0.05, 0) is 61.9 Å². The van der Waals surface area contributed by atoms with Crippen molar-refractivity contribution in [3.8, 4) is 5.75 Å². The summed E-state index contributed by atoms with van der Waals surface area (Å²) in [6.45, 7) is 3.71. The Morgan fingerprint density at radius 3 is 2.46 bits per heavy atom. The van der Waals surface area contributed by atoms with Gasteiger partial charge in [-0.15, -0.1) is 0 Å². The van der Waals surface area contributed by atoms with E-state index in [4.69, 9.17) is 11.6 Å². The van der Waals surface area contributed by atoms with Crippen molar-refractivity contribution in [2.24, 2.45) is 0 Å². The van der Waals surface area contributed by atoms with Gasteiger partial charge >= 0.3 is 12.1 Å². The molecule has 3 amide bonds. The number of hydrogen-bond acceptors (Lipinski definition) is 7. The number of phenolic OH excluding ortho intramolecular Hbond substituents is 1. The lowest BCUT2D eigenvalue weighted by Gasteiger charge is -2.59. The number of halogens is 1. The third-order valence-corrected chi connectivity index (χ3v) is 11.4. The molecule has 46 heavy (non-hydrogen) atoms. The lowest BCUT2D eigenvalue weighted by atomic mass is 9.81. The van der Waals surface area contributed by atoms with Gasteiger partial charge in [0.15, 0.2) is 5.66 Å². The van der Waals surface area contributed by atoms with Gasteiger partial charge in [-0.3, -0.25) is 4.90 Å². The predicted molar refractivity (Wildman–Crippen MR) is 174 cm³/mol. The number of hydrogen-bond donors (Lipinski definition) is 4. The largest absolute Gasteiger partial charge is 0.515 e. The summed E-state index contributed by atoms with van der Waals surface area (Å²) in [4.78, 5) is 46.5. The molecule has 0 radical (unpaired) electrons. The molecule has 3 saturated heterocycles. The van der Waals surface area contributed by atoms with Crippen LogP contribution in [0.15, 0.2) is 42.5 Å². The number of carbonyl (C=O) groups is 3. The van der Waals surface area contributed by atoms with Crippen LogP contribution < -0.4 is 5.32 Å². The van der Waals surface area contributed by atoms with Crippen molar-refractivity contribution in [2.75, 3.05) is 44.6 Å². The van der Waals surface area contributed by atoms with E-state index in [1.54, 1.807) is 12.1 Å². The minimum atomic E-state index is -1.12. The molecule has 2 aromatic carbocycles. The molecule has 248 valence electrons. The number of nitrogens with zero attached hydrogens (tertiary/aromatic N) is 4. The Morgan fingerprint density at radius 2 is 1.76 bits per heavy atom. The number of fused-ring (bicyclic) bond motifs is 1. The number of carboxylic acid groups (broad SMARTS) is 1. The van der Waals surface area contributed by atoms with E-state index in [2.05, 4.69) is 15.1 Å². The van der Waals surface area contributed by atoms with Crippen LogP contribution >= 0.6 is 11.6 Å². The van der Waals surface area contributed by atoms with Crippen molar-refractivity contribution in [3.05, 3.63) is 58.6 Å². The number of quaternary nitrogens is 1. The lowest BCUT2D eigenvalue weighted by Crippen LogP contribution is -2.78. The Kier molecular flexibility index (Phi) is 9.59. The first kappa shape index (κ1) is 32.7. The molecule has 0 bridgehead atoms. The monoisotopic (exact) mass is 654 g/mol. The number of piperidine rings is 3. The standard InChI is InChI=1S/C34H44ClN5O6/c35-29-21-24(5-6-31(29)43)23-40(33(45)46)19-12-27(39-18-7-25-3-1-2-4-30(25)36-32(39)44)22-34(40,13-20-41)38-16-8-26(9-17-38)37-14-10-28(42)11-15-37/h1-6,20-21,26-28,42H,7-19,22-23H2,(H2-,36,43,44,45,46)/p+1/t27?,34?,40-/m0/s1. The number of anilines is 1. The first-order valence-electron chi connectivity index (χ1n) is 16.5. The maximum absolute atomic E-state index is 13.7. The number of aromatic hydroxyl groups is 1. The number of aliphatic hydroxyl groups is 1. The molecule has 2 unspecified atom stereocenters. The summed E-state index contributed by atoms with van der Waals surface area (Å²) < 4.78 is -0.389. The summed E-state index contributed by atoms with van der Waals surface area (Å²) in [6.07, 6.45) is 4.19. The molecule has 4 aliphatic heterocycles. The van der Waals surface area contributed by atoms with E-state index in [1.807, 2.05) is 29.2 Å². The third-order valence-electron chi connectivity index (χ3n) is 11.1. The highest BCUT2D eigenvalue weighted by Crippen LogP contribution is 2.46. The van der Waals surface area contributed by atoms with Crippen LogP contribution in [0.25, 0.3) is 0 Å². The van der Waals surface area contributed by atoms with Gasteiger partial charge in [0.2, 0.25) is 0 Å². The maximum atomic E-state index is 13.7.